The standard InChI is InChI=1S/C21H25N5S/c1-26-18-6-2-3-7-19(18)27-20(26)13-10-16-8-11-17(12-9-16)24-14-4-5-15-25-21(22)23/h2-3,6-13H,4-5,14-15H2,1H3,(H4,22,23,25)/b16-10?,20-13-,24-17?. The molecule has 0 saturated heterocycles. The summed E-state index contributed by atoms with van der Waals surface area (Å²) >= 11 is 1.80. The maximum atomic E-state index is 5.30. The Hall–Kier alpha value is -2.73. The van der Waals surface area contributed by atoms with Crippen molar-refractivity contribution in [1.82, 2.24) is 0 Å². The molecule has 6 heteroatoms. The predicted octanol–water partition coefficient (Wildman–Crippen LogP) is 3.62. The second-order valence-corrected chi connectivity index (χ2v) is 7.35. The minimum absolute atomic E-state index is 0.153. The lowest BCUT2D eigenvalue weighted by atomic mass is 10.1. The van der Waals surface area contributed by atoms with Gasteiger partial charge in [0, 0.05) is 25.0 Å². The van der Waals surface area contributed by atoms with Crippen molar-refractivity contribution in [3.63, 3.8) is 0 Å². The molecule has 0 spiro atoms. The summed E-state index contributed by atoms with van der Waals surface area (Å²) in [6.45, 7) is 1.45. The molecule has 0 fully saturated rings. The highest BCUT2D eigenvalue weighted by molar-refractivity contribution is 8.03. The van der Waals surface area contributed by atoms with Crippen LogP contribution in [-0.4, -0.2) is 31.8 Å². The summed E-state index contributed by atoms with van der Waals surface area (Å²) in [6, 6.07) is 8.46. The fourth-order valence-corrected chi connectivity index (χ4v) is 3.82. The molecule has 3 rings (SSSR count). The van der Waals surface area contributed by atoms with E-state index in [1.165, 1.54) is 21.2 Å². The minimum Gasteiger partial charge on any atom is -0.370 e. The summed E-state index contributed by atoms with van der Waals surface area (Å²) in [5.41, 5.74) is 14.0. The lowest BCUT2D eigenvalue weighted by molar-refractivity contribution is 0.756. The van der Waals surface area contributed by atoms with Gasteiger partial charge in [-0.25, -0.2) is 0 Å². The number of aliphatic imine (C=N–C) groups is 2. The fourth-order valence-electron chi connectivity index (χ4n) is 2.76. The molecule has 1 aromatic rings. The monoisotopic (exact) mass is 379 g/mol. The van der Waals surface area contributed by atoms with Crippen molar-refractivity contribution in [2.24, 2.45) is 21.5 Å². The fraction of sp³-hybridized carbons (Fsp3) is 0.238. The summed E-state index contributed by atoms with van der Waals surface area (Å²) in [5, 5.41) is 1.23. The molecule has 140 valence electrons. The van der Waals surface area contributed by atoms with Gasteiger partial charge in [-0.2, -0.15) is 0 Å². The van der Waals surface area contributed by atoms with Crippen LogP contribution >= 0.6 is 11.8 Å². The Morgan fingerprint density at radius 1 is 1.04 bits per heavy atom. The highest BCUT2D eigenvalue weighted by Gasteiger charge is 2.20. The zero-order chi connectivity index (χ0) is 19.1. The first-order valence-electron chi connectivity index (χ1n) is 9.02. The van der Waals surface area contributed by atoms with E-state index in [0.717, 1.165) is 25.1 Å². The Morgan fingerprint density at radius 2 is 1.78 bits per heavy atom. The van der Waals surface area contributed by atoms with E-state index in [4.69, 9.17) is 11.5 Å². The Balaban J connectivity index is 1.51. The van der Waals surface area contributed by atoms with Gasteiger partial charge in [0.15, 0.2) is 5.96 Å². The molecule has 1 aromatic carbocycles. The van der Waals surface area contributed by atoms with Crippen molar-refractivity contribution in [3.8, 4) is 0 Å². The number of benzene rings is 1. The number of fused-ring (bicyclic) bond motifs is 1. The van der Waals surface area contributed by atoms with Crippen LogP contribution < -0.4 is 16.4 Å². The van der Waals surface area contributed by atoms with Crippen LogP contribution in [0.25, 0.3) is 0 Å². The van der Waals surface area contributed by atoms with Crippen molar-refractivity contribution in [2.75, 3.05) is 25.0 Å². The third-order valence-electron chi connectivity index (χ3n) is 4.24. The molecule has 27 heavy (non-hydrogen) atoms. The molecule has 0 unspecified atom stereocenters. The molecule has 0 aromatic heterocycles. The number of hydrogen-bond acceptors (Lipinski definition) is 4. The molecule has 1 heterocycles. The number of guanidine groups is 1. The minimum atomic E-state index is 0.153. The maximum Gasteiger partial charge on any atom is 0.185 e. The summed E-state index contributed by atoms with van der Waals surface area (Å²) in [5.74, 6) is 0.153. The van der Waals surface area contributed by atoms with E-state index in [0.29, 0.717) is 6.54 Å². The molecule has 2 aliphatic rings. The quantitative estimate of drug-likeness (QED) is 0.449. The lowest BCUT2D eigenvalue weighted by Gasteiger charge is -2.12. The van der Waals surface area contributed by atoms with Crippen LogP contribution in [-0.2, 0) is 0 Å². The molecule has 5 nitrogen and oxygen atoms in total. The summed E-state index contributed by atoms with van der Waals surface area (Å²) in [6.07, 6.45) is 14.5. The van der Waals surface area contributed by atoms with Gasteiger partial charge < -0.3 is 16.4 Å². The van der Waals surface area contributed by atoms with Crippen molar-refractivity contribution in [1.29, 1.82) is 0 Å². The van der Waals surface area contributed by atoms with Gasteiger partial charge >= 0.3 is 0 Å². The Labute approximate surface area is 164 Å². The van der Waals surface area contributed by atoms with Crippen molar-refractivity contribution >= 4 is 29.1 Å². The van der Waals surface area contributed by atoms with Gasteiger partial charge in [-0.05, 0) is 48.8 Å². The number of allylic oxidation sites excluding steroid dienone is 7. The van der Waals surface area contributed by atoms with E-state index in [-0.39, 0.29) is 5.96 Å². The van der Waals surface area contributed by atoms with Gasteiger partial charge in [-0.3, -0.25) is 9.98 Å². The molecule has 0 bridgehead atoms. The molecule has 1 aliphatic carbocycles. The largest absolute Gasteiger partial charge is 0.370 e. The van der Waals surface area contributed by atoms with E-state index >= 15 is 0 Å². The van der Waals surface area contributed by atoms with Gasteiger partial charge in [0.25, 0.3) is 0 Å². The van der Waals surface area contributed by atoms with Crippen LogP contribution in [0.3, 0.4) is 0 Å². The van der Waals surface area contributed by atoms with Crippen LogP contribution in [0, 0.1) is 0 Å². The first-order chi connectivity index (χ1) is 13.1. The molecule has 1 aliphatic heterocycles. The van der Waals surface area contributed by atoms with Gasteiger partial charge in [0.1, 0.15) is 0 Å². The zero-order valence-electron chi connectivity index (χ0n) is 15.5. The summed E-state index contributed by atoms with van der Waals surface area (Å²) < 4.78 is 0. The number of rotatable bonds is 6. The number of hydrogen-bond donors (Lipinski definition) is 2. The van der Waals surface area contributed by atoms with Crippen LogP contribution in [0.2, 0.25) is 0 Å². The maximum absolute atomic E-state index is 5.30. The van der Waals surface area contributed by atoms with E-state index in [1.54, 1.807) is 11.8 Å². The van der Waals surface area contributed by atoms with Crippen LogP contribution in [0.5, 0.6) is 0 Å². The molecular formula is C21H25N5S. The first kappa shape index (κ1) is 19.0. The number of thioether (sulfide) groups is 1. The van der Waals surface area contributed by atoms with Gasteiger partial charge in [0.05, 0.1) is 16.4 Å². The predicted molar refractivity (Wildman–Crippen MR) is 117 cm³/mol. The number of nitrogens with two attached hydrogens (primary N) is 2. The topological polar surface area (TPSA) is 80.0 Å². The number of unbranched alkanes of at least 4 members (excludes halogenated alkanes) is 1. The average molecular weight is 380 g/mol. The van der Waals surface area contributed by atoms with Gasteiger partial charge in [-0.15, -0.1) is 0 Å². The molecule has 0 amide bonds. The van der Waals surface area contributed by atoms with Crippen LogP contribution in [0.15, 0.2) is 86.2 Å². The Morgan fingerprint density at radius 3 is 2.52 bits per heavy atom. The van der Waals surface area contributed by atoms with Crippen molar-refractivity contribution in [3.05, 3.63) is 71.3 Å². The van der Waals surface area contributed by atoms with E-state index in [2.05, 4.69) is 82.7 Å². The van der Waals surface area contributed by atoms with Crippen molar-refractivity contribution < 1.29 is 0 Å². The highest BCUT2D eigenvalue weighted by atomic mass is 32.2. The Bertz CT molecular complexity index is 839. The van der Waals surface area contributed by atoms with Crippen molar-refractivity contribution in [2.45, 2.75) is 17.7 Å². The van der Waals surface area contributed by atoms with Crippen LogP contribution in [0.1, 0.15) is 12.8 Å². The highest BCUT2D eigenvalue weighted by Crippen LogP contribution is 2.44. The number of anilines is 1. The molecular weight excluding hydrogens is 354 g/mol. The summed E-state index contributed by atoms with van der Waals surface area (Å²) in [7, 11) is 2.10. The second kappa shape index (κ2) is 9.28. The zero-order valence-corrected chi connectivity index (χ0v) is 16.3. The van der Waals surface area contributed by atoms with Gasteiger partial charge in [-0.1, -0.05) is 42.1 Å². The normalized spacial score (nSPS) is 16.6. The summed E-state index contributed by atoms with van der Waals surface area (Å²) in [4.78, 5) is 12.1. The SMILES string of the molecule is CN1/C(=C/C=C2C=CC(=NCCCCN=C(N)N)C=C2)Sc2ccccc21. The smallest absolute Gasteiger partial charge is 0.185 e. The molecule has 0 saturated carbocycles. The Kier molecular flexibility index (Phi) is 6.54. The number of nitrogens with zero attached hydrogens (tertiary/aromatic N) is 3. The molecule has 0 radical (unpaired) electrons. The van der Waals surface area contributed by atoms with Crippen LogP contribution in [0.4, 0.5) is 5.69 Å². The van der Waals surface area contributed by atoms with Gasteiger partial charge in [0.2, 0.25) is 0 Å². The van der Waals surface area contributed by atoms with E-state index in [9.17, 15) is 0 Å². The molecule has 0 atom stereocenters. The third kappa shape index (κ3) is 5.37. The third-order valence-corrected chi connectivity index (χ3v) is 5.42. The number of para-hydroxylation sites is 1. The average Bonchev–Trinajstić information content (AvgIpc) is 3.00. The second-order valence-electron chi connectivity index (χ2n) is 6.29. The molecule has 4 N–H and O–H groups in total. The lowest BCUT2D eigenvalue weighted by Crippen LogP contribution is -2.22. The first-order valence-corrected chi connectivity index (χ1v) is 9.84. The van der Waals surface area contributed by atoms with E-state index < -0.39 is 0 Å². The van der Waals surface area contributed by atoms with E-state index in [1.807, 2.05) is 0 Å².